The van der Waals surface area contributed by atoms with E-state index in [1.807, 2.05) is 0 Å². The van der Waals surface area contributed by atoms with E-state index >= 15 is 0 Å². The van der Waals surface area contributed by atoms with Crippen LogP contribution in [0.2, 0.25) is 0 Å². The van der Waals surface area contributed by atoms with Gasteiger partial charge in [0.05, 0.1) is 5.56 Å². The number of halogens is 1. The lowest BCUT2D eigenvalue weighted by Crippen LogP contribution is -2.17. The van der Waals surface area contributed by atoms with Crippen LogP contribution in [0, 0.1) is 0 Å². The Morgan fingerprint density at radius 3 is 2.67 bits per heavy atom. The number of hydrogen-bond acceptors (Lipinski definition) is 4. The second-order valence-electron chi connectivity index (χ2n) is 4.13. The van der Waals surface area contributed by atoms with Gasteiger partial charge in [0.2, 0.25) is 0 Å². The molecule has 5 nitrogen and oxygen atoms in total. The van der Waals surface area contributed by atoms with Crippen molar-refractivity contribution in [1.29, 1.82) is 0 Å². The molecule has 0 aliphatic carbocycles. The highest BCUT2D eigenvalue weighted by Crippen LogP contribution is 2.17. The number of carbonyl (C=O) groups is 1. The third kappa shape index (κ3) is 4.80. The van der Waals surface area contributed by atoms with Crippen molar-refractivity contribution in [3.05, 3.63) is 52.8 Å². The first-order valence-corrected chi connectivity index (χ1v) is 7.18. The number of carbonyl (C=O) groups excluding carboxylic acids is 1. The van der Waals surface area contributed by atoms with Crippen molar-refractivity contribution in [3.8, 4) is 5.75 Å². The van der Waals surface area contributed by atoms with E-state index in [0.717, 1.165) is 4.47 Å². The average molecular weight is 366 g/mol. The number of nitrogens with zero attached hydrogens (tertiary/aromatic N) is 1. The molecule has 1 aromatic heterocycles. The quantitative estimate of drug-likeness (QED) is 0.796. The molecule has 0 unspecified atom stereocenters. The van der Waals surface area contributed by atoms with Crippen molar-refractivity contribution in [3.63, 3.8) is 0 Å². The van der Waals surface area contributed by atoms with E-state index in [0.29, 0.717) is 17.0 Å². The highest BCUT2D eigenvalue weighted by molar-refractivity contribution is 9.10. The molecule has 0 saturated carbocycles. The van der Waals surface area contributed by atoms with E-state index in [1.54, 1.807) is 36.5 Å². The maximum Gasteiger partial charge on any atom is 0.257 e. The number of ether oxygens (including phenoxy) is 1. The van der Waals surface area contributed by atoms with Gasteiger partial charge in [-0.2, -0.15) is 0 Å². The molecule has 0 radical (unpaired) electrons. The van der Waals surface area contributed by atoms with Crippen LogP contribution in [0.5, 0.6) is 5.75 Å². The number of benzene rings is 1. The molecule has 2 rings (SSSR count). The lowest BCUT2D eigenvalue weighted by Gasteiger charge is -2.08. The molecule has 0 aliphatic heterocycles. The first-order valence-electron chi connectivity index (χ1n) is 5.97. The van der Waals surface area contributed by atoms with E-state index in [-0.39, 0.29) is 17.5 Å². The smallest absolute Gasteiger partial charge is 0.257 e. The third-order valence-corrected chi connectivity index (χ3v) is 3.01. The average Bonchev–Trinajstić information content (AvgIpc) is 2.46. The number of pyridine rings is 1. The van der Waals surface area contributed by atoms with Crippen molar-refractivity contribution in [2.75, 3.05) is 11.9 Å². The summed E-state index contributed by atoms with van der Waals surface area (Å²) in [6, 6.07) is 8.62. The Bertz CT molecular complexity index is 662. The molecule has 21 heavy (non-hydrogen) atoms. The van der Waals surface area contributed by atoms with E-state index in [1.165, 1.54) is 6.20 Å². The summed E-state index contributed by atoms with van der Waals surface area (Å²) in [4.78, 5) is 16.3. The van der Waals surface area contributed by atoms with Crippen LogP contribution in [0.25, 0.3) is 0 Å². The van der Waals surface area contributed by atoms with Crippen LogP contribution in [0.3, 0.4) is 0 Å². The van der Waals surface area contributed by atoms with Gasteiger partial charge in [-0.05, 0) is 46.3 Å². The zero-order chi connectivity index (χ0) is 15.2. The number of nitrogens with one attached hydrogen (secondary N) is 1. The fourth-order valence-electron chi connectivity index (χ4n) is 1.53. The van der Waals surface area contributed by atoms with Crippen LogP contribution in [0.1, 0.15) is 10.4 Å². The fourth-order valence-corrected chi connectivity index (χ4v) is 1.95. The predicted molar refractivity (Wildman–Crippen MR) is 88.6 cm³/mol. The minimum absolute atomic E-state index is 0.185. The Hall–Kier alpha value is -1.99. The molecule has 0 spiro atoms. The summed E-state index contributed by atoms with van der Waals surface area (Å²) in [5.41, 5.74) is 6.48. The van der Waals surface area contributed by atoms with Crippen LogP contribution in [-0.4, -0.2) is 22.5 Å². The van der Waals surface area contributed by atoms with E-state index in [4.69, 9.17) is 22.7 Å². The zero-order valence-corrected chi connectivity index (χ0v) is 13.3. The molecular formula is C14H12BrN3O2S. The second-order valence-corrected chi connectivity index (χ2v) is 5.57. The van der Waals surface area contributed by atoms with Gasteiger partial charge in [0, 0.05) is 22.6 Å². The highest BCUT2D eigenvalue weighted by atomic mass is 79.9. The lowest BCUT2D eigenvalue weighted by molar-refractivity contribution is 0.102. The van der Waals surface area contributed by atoms with Crippen molar-refractivity contribution in [1.82, 2.24) is 4.98 Å². The van der Waals surface area contributed by atoms with Gasteiger partial charge in [0.15, 0.2) is 0 Å². The van der Waals surface area contributed by atoms with Gasteiger partial charge in [-0.1, -0.05) is 12.2 Å². The summed E-state index contributed by atoms with van der Waals surface area (Å²) in [5, 5.41) is 2.77. The number of anilines is 1. The van der Waals surface area contributed by atoms with Gasteiger partial charge in [0.25, 0.3) is 5.91 Å². The Labute approximate surface area is 135 Å². The molecule has 1 aromatic carbocycles. The number of amides is 1. The Kier molecular flexibility index (Phi) is 5.24. The molecule has 7 heteroatoms. The van der Waals surface area contributed by atoms with Crippen molar-refractivity contribution in [2.24, 2.45) is 5.73 Å². The molecule has 108 valence electrons. The third-order valence-electron chi connectivity index (χ3n) is 2.46. The molecule has 0 aliphatic rings. The first-order chi connectivity index (χ1) is 10.0. The monoisotopic (exact) mass is 365 g/mol. The predicted octanol–water partition coefficient (Wildman–Crippen LogP) is 2.76. The Morgan fingerprint density at radius 1 is 1.33 bits per heavy atom. The lowest BCUT2D eigenvalue weighted by atomic mass is 10.2. The van der Waals surface area contributed by atoms with Crippen LogP contribution in [0.4, 0.5) is 5.69 Å². The van der Waals surface area contributed by atoms with Crippen molar-refractivity contribution >= 4 is 44.7 Å². The number of hydrogen-bond donors (Lipinski definition) is 2. The molecule has 1 heterocycles. The second kappa shape index (κ2) is 7.14. The standard InChI is InChI=1S/C14H12BrN3O2S/c15-10-5-9(6-17-7-10)14(19)18-11-1-3-12(4-2-11)20-8-13(16)21/h1-7H,8H2,(H2,16,21)(H,18,19). The zero-order valence-electron chi connectivity index (χ0n) is 10.9. The number of thiocarbonyl (C=S) groups is 1. The molecule has 0 atom stereocenters. The van der Waals surface area contributed by atoms with Gasteiger partial charge >= 0.3 is 0 Å². The summed E-state index contributed by atoms with van der Waals surface area (Å²) < 4.78 is 6.08. The van der Waals surface area contributed by atoms with E-state index < -0.39 is 0 Å². The molecule has 3 N–H and O–H groups in total. The van der Waals surface area contributed by atoms with Crippen LogP contribution >= 0.6 is 28.1 Å². The molecule has 1 amide bonds. The van der Waals surface area contributed by atoms with Crippen LogP contribution in [0.15, 0.2) is 47.2 Å². The normalized spacial score (nSPS) is 9.95. The maximum atomic E-state index is 12.0. The minimum atomic E-state index is -0.236. The van der Waals surface area contributed by atoms with Crippen molar-refractivity contribution < 1.29 is 9.53 Å². The van der Waals surface area contributed by atoms with Gasteiger partial charge in [-0.3, -0.25) is 9.78 Å². The minimum Gasteiger partial charge on any atom is -0.487 e. The SMILES string of the molecule is NC(=S)COc1ccc(NC(=O)c2cncc(Br)c2)cc1. The summed E-state index contributed by atoms with van der Waals surface area (Å²) in [5.74, 6) is 0.394. The topological polar surface area (TPSA) is 77.2 Å². The number of rotatable bonds is 5. The van der Waals surface area contributed by atoms with Crippen LogP contribution < -0.4 is 15.8 Å². The van der Waals surface area contributed by atoms with Gasteiger partial charge in [-0.15, -0.1) is 0 Å². The summed E-state index contributed by atoms with van der Waals surface area (Å²) >= 11 is 8.00. The maximum absolute atomic E-state index is 12.0. The molecule has 0 bridgehead atoms. The number of nitrogens with two attached hydrogens (primary N) is 1. The van der Waals surface area contributed by atoms with Gasteiger partial charge in [0.1, 0.15) is 17.3 Å². The van der Waals surface area contributed by atoms with Crippen molar-refractivity contribution in [2.45, 2.75) is 0 Å². The largest absolute Gasteiger partial charge is 0.487 e. The van der Waals surface area contributed by atoms with E-state index in [9.17, 15) is 4.79 Å². The first kappa shape index (κ1) is 15.4. The Balaban J connectivity index is 2.00. The van der Waals surface area contributed by atoms with Gasteiger partial charge in [-0.25, -0.2) is 0 Å². The molecule has 2 aromatic rings. The highest BCUT2D eigenvalue weighted by Gasteiger charge is 2.07. The molecule has 0 fully saturated rings. The Morgan fingerprint density at radius 2 is 2.05 bits per heavy atom. The summed E-state index contributed by atoms with van der Waals surface area (Å²) in [7, 11) is 0. The van der Waals surface area contributed by atoms with Crippen LogP contribution in [-0.2, 0) is 0 Å². The molecular weight excluding hydrogens is 354 g/mol. The number of aromatic nitrogens is 1. The fraction of sp³-hybridized carbons (Fsp3) is 0.0714. The van der Waals surface area contributed by atoms with Gasteiger partial charge < -0.3 is 15.8 Å². The molecule has 0 saturated heterocycles. The summed E-state index contributed by atoms with van der Waals surface area (Å²) in [6.45, 7) is 0.185. The summed E-state index contributed by atoms with van der Waals surface area (Å²) in [6.07, 6.45) is 3.12. The van der Waals surface area contributed by atoms with E-state index in [2.05, 4.69) is 26.2 Å².